The van der Waals surface area contributed by atoms with Gasteiger partial charge in [-0.05, 0) is 0 Å². The molecule has 4 nitrogen and oxygen atoms in total. The van der Waals surface area contributed by atoms with Crippen molar-refractivity contribution in [1.82, 2.24) is 4.90 Å². The zero-order chi connectivity index (χ0) is 11.8. The molecule has 7 heteroatoms. The molecule has 2 N–H and O–H groups in total. The standard InChI is InChI=1S/C8H14F2N2O2S/c1-12(3-2-7(11)15)8(13)5-14-4-6(9)10/h6H,2-5H2,1H3,(H2,11,15). The third-order valence-electron chi connectivity index (χ3n) is 1.59. The van der Waals surface area contributed by atoms with Gasteiger partial charge < -0.3 is 15.4 Å². The lowest BCUT2D eigenvalue weighted by Gasteiger charge is -2.16. The van der Waals surface area contributed by atoms with Crippen molar-refractivity contribution in [1.29, 1.82) is 0 Å². The number of hydrogen-bond donors (Lipinski definition) is 1. The summed E-state index contributed by atoms with van der Waals surface area (Å²) in [5.74, 6) is -0.369. The van der Waals surface area contributed by atoms with E-state index in [1.807, 2.05) is 0 Å². The summed E-state index contributed by atoms with van der Waals surface area (Å²) < 4.78 is 27.8. The molecule has 0 rings (SSSR count). The van der Waals surface area contributed by atoms with E-state index in [1.54, 1.807) is 0 Å². The predicted molar refractivity (Wildman–Crippen MR) is 55.9 cm³/mol. The number of thiocarbonyl (C=S) groups is 1. The lowest BCUT2D eigenvalue weighted by atomic mass is 10.4. The van der Waals surface area contributed by atoms with Crippen LogP contribution in [0.15, 0.2) is 0 Å². The second-order valence-corrected chi connectivity index (χ2v) is 3.46. The van der Waals surface area contributed by atoms with Gasteiger partial charge in [-0.2, -0.15) is 0 Å². The van der Waals surface area contributed by atoms with Crippen LogP contribution in [0.3, 0.4) is 0 Å². The second kappa shape index (κ2) is 7.47. The summed E-state index contributed by atoms with van der Waals surface area (Å²) in [6, 6.07) is 0. The maximum Gasteiger partial charge on any atom is 0.261 e. The number of ether oxygens (including phenoxy) is 1. The molecule has 0 aliphatic carbocycles. The Morgan fingerprint density at radius 3 is 2.67 bits per heavy atom. The second-order valence-electron chi connectivity index (χ2n) is 2.94. The highest BCUT2D eigenvalue weighted by atomic mass is 32.1. The fourth-order valence-corrected chi connectivity index (χ4v) is 0.839. The van der Waals surface area contributed by atoms with E-state index in [1.165, 1.54) is 11.9 Å². The van der Waals surface area contributed by atoms with Crippen molar-refractivity contribution in [3.63, 3.8) is 0 Å². The van der Waals surface area contributed by atoms with E-state index in [2.05, 4.69) is 17.0 Å². The summed E-state index contributed by atoms with van der Waals surface area (Å²) in [6.07, 6.45) is -2.15. The molecular weight excluding hydrogens is 226 g/mol. The van der Waals surface area contributed by atoms with Crippen LogP contribution in [0.1, 0.15) is 6.42 Å². The Hall–Kier alpha value is -0.820. The van der Waals surface area contributed by atoms with Gasteiger partial charge in [0.15, 0.2) is 0 Å². The average molecular weight is 240 g/mol. The Kier molecular flexibility index (Phi) is 7.06. The smallest absolute Gasteiger partial charge is 0.261 e. The quantitative estimate of drug-likeness (QED) is 0.655. The number of hydrogen-bond acceptors (Lipinski definition) is 3. The molecule has 88 valence electrons. The highest BCUT2D eigenvalue weighted by molar-refractivity contribution is 7.80. The van der Waals surface area contributed by atoms with E-state index in [0.717, 1.165) is 0 Å². The Bertz CT molecular complexity index is 227. The molecule has 0 heterocycles. The molecule has 0 unspecified atom stereocenters. The molecule has 0 aromatic rings. The average Bonchev–Trinajstić information content (AvgIpc) is 2.13. The SMILES string of the molecule is CN(CCC(N)=S)C(=O)COCC(F)F. The van der Waals surface area contributed by atoms with Gasteiger partial charge in [0, 0.05) is 20.0 Å². The van der Waals surface area contributed by atoms with E-state index >= 15 is 0 Å². The van der Waals surface area contributed by atoms with E-state index in [4.69, 9.17) is 5.73 Å². The molecule has 0 bridgehead atoms. The lowest BCUT2D eigenvalue weighted by molar-refractivity contribution is -0.136. The third kappa shape index (κ3) is 8.19. The minimum Gasteiger partial charge on any atom is -0.393 e. The molecule has 0 aromatic heterocycles. The minimum absolute atomic E-state index is 0.308. The summed E-state index contributed by atoms with van der Waals surface area (Å²) in [4.78, 5) is 12.9. The van der Waals surface area contributed by atoms with Crippen LogP contribution in [-0.4, -0.2) is 49.0 Å². The van der Waals surface area contributed by atoms with Gasteiger partial charge in [0.25, 0.3) is 6.43 Å². The van der Waals surface area contributed by atoms with Gasteiger partial charge in [-0.3, -0.25) is 4.79 Å². The van der Waals surface area contributed by atoms with E-state index < -0.39 is 13.0 Å². The Morgan fingerprint density at radius 1 is 1.60 bits per heavy atom. The normalized spacial score (nSPS) is 10.4. The van der Waals surface area contributed by atoms with Crippen molar-refractivity contribution in [2.45, 2.75) is 12.8 Å². The Morgan fingerprint density at radius 2 is 2.20 bits per heavy atom. The van der Waals surface area contributed by atoms with Gasteiger partial charge in [0.1, 0.15) is 13.2 Å². The van der Waals surface area contributed by atoms with E-state index in [0.29, 0.717) is 18.0 Å². The van der Waals surface area contributed by atoms with Gasteiger partial charge in [0.2, 0.25) is 5.91 Å². The third-order valence-corrected chi connectivity index (χ3v) is 1.79. The summed E-state index contributed by atoms with van der Waals surface area (Å²) in [7, 11) is 1.53. The number of likely N-dealkylation sites (N-methyl/N-ethyl adjacent to an activating group) is 1. The molecule has 0 radical (unpaired) electrons. The Balaban J connectivity index is 3.64. The number of rotatable bonds is 7. The first kappa shape index (κ1) is 14.2. The summed E-state index contributed by atoms with van der Waals surface area (Å²) in [5, 5.41) is 0. The van der Waals surface area contributed by atoms with Crippen molar-refractivity contribution >= 4 is 23.1 Å². The zero-order valence-corrected chi connectivity index (χ0v) is 9.23. The molecule has 15 heavy (non-hydrogen) atoms. The van der Waals surface area contributed by atoms with Crippen LogP contribution in [0.4, 0.5) is 8.78 Å². The van der Waals surface area contributed by atoms with Crippen LogP contribution in [0, 0.1) is 0 Å². The minimum atomic E-state index is -2.56. The number of carbonyl (C=O) groups is 1. The van der Waals surface area contributed by atoms with Crippen LogP contribution in [0.25, 0.3) is 0 Å². The van der Waals surface area contributed by atoms with Crippen molar-refractivity contribution in [2.24, 2.45) is 5.73 Å². The zero-order valence-electron chi connectivity index (χ0n) is 8.41. The maximum absolute atomic E-state index is 11.7. The topological polar surface area (TPSA) is 55.6 Å². The van der Waals surface area contributed by atoms with E-state index in [9.17, 15) is 13.6 Å². The van der Waals surface area contributed by atoms with Crippen molar-refractivity contribution in [3.8, 4) is 0 Å². The molecule has 0 aromatic carbocycles. The number of alkyl halides is 2. The summed E-state index contributed by atoms with van der Waals surface area (Å²) in [5.41, 5.74) is 5.24. The van der Waals surface area contributed by atoms with Crippen LogP contribution in [0.2, 0.25) is 0 Å². The Labute approximate surface area is 92.4 Å². The molecular formula is C8H14F2N2O2S. The highest BCUT2D eigenvalue weighted by Crippen LogP contribution is 1.94. The first-order chi connectivity index (χ1) is 6.93. The monoisotopic (exact) mass is 240 g/mol. The fraction of sp³-hybridized carbons (Fsp3) is 0.750. The molecule has 0 saturated heterocycles. The molecule has 0 aliphatic rings. The maximum atomic E-state index is 11.7. The van der Waals surface area contributed by atoms with Gasteiger partial charge >= 0.3 is 0 Å². The molecule has 0 saturated carbocycles. The van der Waals surface area contributed by atoms with Gasteiger partial charge in [0.05, 0.1) is 4.99 Å². The number of nitrogens with zero attached hydrogens (tertiary/aromatic N) is 1. The lowest BCUT2D eigenvalue weighted by Crippen LogP contribution is -2.33. The molecule has 1 amide bonds. The van der Waals surface area contributed by atoms with Gasteiger partial charge in [-0.15, -0.1) is 0 Å². The number of nitrogens with two attached hydrogens (primary N) is 1. The van der Waals surface area contributed by atoms with Crippen LogP contribution >= 0.6 is 12.2 Å². The van der Waals surface area contributed by atoms with Crippen molar-refractivity contribution in [2.75, 3.05) is 26.8 Å². The largest absolute Gasteiger partial charge is 0.393 e. The fourth-order valence-electron chi connectivity index (χ4n) is 0.748. The van der Waals surface area contributed by atoms with Crippen molar-refractivity contribution in [3.05, 3.63) is 0 Å². The molecule has 0 aliphatic heterocycles. The molecule has 0 fully saturated rings. The predicted octanol–water partition coefficient (Wildman–Crippen LogP) is 0.403. The number of amides is 1. The highest BCUT2D eigenvalue weighted by Gasteiger charge is 2.10. The first-order valence-corrected chi connectivity index (χ1v) is 4.72. The van der Waals surface area contributed by atoms with E-state index in [-0.39, 0.29) is 12.5 Å². The van der Waals surface area contributed by atoms with Crippen LogP contribution in [-0.2, 0) is 9.53 Å². The first-order valence-electron chi connectivity index (χ1n) is 4.31. The molecule has 0 atom stereocenters. The van der Waals surface area contributed by atoms with Crippen LogP contribution < -0.4 is 5.73 Å². The van der Waals surface area contributed by atoms with Gasteiger partial charge in [-0.25, -0.2) is 8.78 Å². The summed E-state index contributed by atoms with van der Waals surface area (Å²) in [6.45, 7) is -0.709. The van der Waals surface area contributed by atoms with Gasteiger partial charge in [-0.1, -0.05) is 12.2 Å². The number of carbonyl (C=O) groups excluding carboxylic acids is 1. The van der Waals surface area contributed by atoms with Crippen molar-refractivity contribution < 1.29 is 18.3 Å². The molecule has 0 spiro atoms. The van der Waals surface area contributed by atoms with Crippen LogP contribution in [0.5, 0.6) is 0 Å². The summed E-state index contributed by atoms with van der Waals surface area (Å²) >= 11 is 4.63. The number of halogens is 2.